The molecule has 33 heavy (non-hydrogen) atoms. The molecule has 1 aromatic heterocycles. The summed E-state index contributed by atoms with van der Waals surface area (Å²) < 4.78 is 13.3. The number of fused-ring (bicyclic) bond motifs is 1. The summed E-state index contributed by atoms with van der Waals surface area (Å²) in [6, 6.07) is 15.5. The Labute approximate surface area is 192 Å². The molecule has 2 aliphatic heterocycles. The van der Waals surface area contributed by atoms with Crippen LogP contribution in [0.2, 0.25) is 0 Å². The summed E-state index contributed by atoms with van der Waals surface area (Å²) in [6.45, 7) is 3.50. The monoisotopic (exact) mass is 444 g/mol. The molecule has 2 aromatic carbocycles. The van der Waals surface area contributed by atoms with Crippen molar-refractivity contribution in [1.82, 2.24) is 14.9 Å². The van der Waals surface area contributed by atoms with Crippen LogP contribution in [-0.4, -0.2) is 39.8 Å². The zero-order valence-corrected chi connectivity index (χ0v) is 18.5. The molecule has 0 saturated carbocycles. The molecular weight excluding hydrogens is 419 g/mol. The minimum atomic E-state index is -0.305. The van der Waals surface area contributed by atoms with Gasteiger partial charge in [-0.05, 0) is 49.6 Å². The molecule has 5 rings (SSSR count). The van der Waals surface area contributed by atoms with Crippen LogP contribution in [0.1, 0.15) is 51.8 Å². The SMILES string of the molecule is Cc1nc([C@@H]2CCN(C(=O)c3ccccc3)C2)nc2c1CCC(=O)N2Cc1ccc(F)cc1. The lowest BCUT2D eigenvalue weighted by molar-refractivity contribution is -0.119. The lowest BCUT2D eigenvalue weighted by Crippen LogP contribution is -2.36. The van der Waals surface area contributed by atoms with Gasteiger partial charge in [-0.1, -0.05) is 30.3 Å². The van der Waals surface area contributed by atoms with E-state index >= 15 is 0 Å². The second kappa shape index (κ2) is 8.73. The first-order valence-electron chi connectivity index (χ1n) is 11.3. The van der Waals surface area contributed by atoms with Gasteiger partial charge in [0.15, 0.2) is 0 Å². The topological polar surface area (TPSA) is 66.4 Å². The average molecular weight is 445 g/mol. The molecule has 1 atom stereocenters. The molecule has 6 nitrogen and oxygen atoms in total. The molecule has 7 heteroatoms. The molecule has 0 radical (unpaired) electrons. The Morgan fingerprint density at radius 2 is 1.82 bits per heavy atom. The Hall–Kier alpha value is -3.61. The standard InChI is InChI=1S/C26H25FN4O2/c1-17-22-11-12-23(32)31(15-18-7-9-21(27)10-8-18)25(22)29-24(28-17)20-13-14-30(16-20)26(33)19-5-3-2-4-6-19/h2-10,20H,11-16H2,1H3/t20-/m1/s1. The van der Waals surface area contributed by atoms with Gasteiger partial charge in [0.2, 0.25) is 5.91 Å². The summed E-state index contributed by atoms with van der Waals surface area (Å²) in [5, 5.41) is 0. The van der Waals surface area contributed by atoms with Crippen LogP contribution < -0.4 is 4.90 Å². The molecule has 2 amide bonds. The van der Waals surface area contributed by atoms with Crippen molar-refractivity contribution < 1.29 is 14.0 Å². The second-order valence-electron chi connectivity index (χ2n) is 8.68. The Kier molecular flexibility index (Phi) is 5.62. The van der Waals surface area contributed by atoms with Gasteiger partial charge in [0.25, 0.3) is 5.91 Å². The maximum Gasteiger partial charge on any atom is 0.253 e. The van der Waals surface area contributed by atoms with Crippen molar-refractivity contribution in [3.63, 3.8) is 0 Å². The Bertz CT molecular complexity index is 1200. The van der Waals surface area contributed by atoms with Crippen LogP contribution in [-0.2, 0) is 17.8 Å². The van der Waals surface area contributed by atoms with Crippen molar-refractivity contribution in [2.45, 2.75) is 38.6 Å². The van der Waals surface area contributed by atoms with Crippen molar-refractivity contribution >= 4 is 17.6 Å². The third kappa shape index (κ3) is 4.23. The Morgan fingerprint density at radius 1 is 1.06 bits per heavy atom. The molecule has 0 N–H and O–H groups in total. The Morgan fingerprint density at radius 3 is 2.58 bits per heavy atom. The highest BCUT2D eigenvalue weighted by Crippen LogP contribution is 2.33. The van der Waals surface area contributed by atoms with Gasteiger partial charge < -0.3 is 4.90 Å². The maximum atomic E-state index is 13.3. The van der Waals surface area contributed by atoms with E-state index in [-0.39, 0.29) is 23.5 Å². The van der Waals surface area contributed by atoms with E-state index in [0.29, 0.717) is 49.7 Å². The van der Waals surface area contributed by atoms with Gasteiger partial charge in [0.1, 0.15) is 17.5 Å². The number of halogens is 1. The lowest BCUT2D eigenvalue weighted by Gasteiger charge is -2.30. The maximum absolute atomic E-state index is 13.3. The number of benzene rings is 2. The normalized spacial score (nSPS) is 17.9. The lowest BCUT2D eigenvalue weighted by atomic mass is 10.0. The van der Waals surface area contributed by atoms with E-state index in [0.717, 1.165) is 23.2 Å². The van der Waals surface area contributed by atoms with Crippen LogP contribution in [0.4, 0.5) is 10.2 Å². The number of hydrogen-bond donors (Lipinski definition) is 0. The number of anilines is 1. The molecule has 1 fully saturated rings. The molecule has 0 spiro atoms. The number of hydrogen-bond acceptors (Lipinski definition) is 4. The van der Waals surface area contributed by atoms with E-state index in [2.05, 4.69) is 0 Å². The molecule has 0 bridgehead atoms. The molecule has 0 aliphatic carbocycles. The fourth-order valence-electron chi connectivity index (χ4n) is 4.64. The fourth-order valence-corrected chi connectivity index (χ4v) is 4.64. The number of likely N-dealkylation sites (tertiary alicyclic amines) is 1. The highest BCUT2D eigenvalue weighted by Gasteiger charge is 2.33. The molecule has 3 heterocycles. The van der Waals surface area contributed by atoms with Crippen molar-refractivity contribution in [3.05, 3.63) is 88.6 Å². The minimum Gasteiger partial charge on any atom is -0.338 e. The third-order valence-electron chi connectivity index (χ3n) is 6.47. The van der Waals surface area contributed by atoms with Crippen LogP contribution in [0.15, 0.2) is 54.6 Å². The van der Waals surface area contributed by atoms with Gasteiger partial charge >= 0.3 is 0 Å². The summed E-state index contributed by atoms with van der Waals surface area (Å²) in [5.41, 5.74) is 3.38. The third-order valence-corrected chi connectivity index (χ3v) is 6.47. The molecular formula is C26H25FN4O2. The van der Waals surface area contributed by atoms with E-state index in [1.807, 2.05) is 42.2 Å². The summed E-state index contributed by atoms with van der Waals surface area (Å²) in [7, 11) is 0. The van der Waals surface area contributed by atoms with E-state index in [4.69, 9.17) is 9.97 Å². The zero-order valence-electron chi connectivity index (χ0n) is 18.5. The van der Waals surface area contributed by atoms with Crippen LogP contribution in [0, 0.1) is 12.7 Å². The second-order valence-corrected chi connectivity index (χ2v) is 8.68. The zero-order chi connectivity index (χ0) is 22.9. The number of amides is 2. The van der Waals surface area contributed by atoms with Crippen molar-refractivity contribution in [3.8, 4) is 0 Å². The number of carbonyl (C=O) groups excluding carboxylic acids is 2. The van der Waals surface area contributed by atoms with Crippen molar-refractivity contribution in [1.29, 1.82) is 0 Å². The van der Waals surface area contributed by atoms with Gasteiger partial charge in [-0.2, -0.15) is 0 Å². The Balaban J connectivity index is 1.41. The van der Waals surface area contributed by atoms with Gasteiger partial charge in [-0.25, -0.2) is 14.4 Å². The molecule has 2 aliphatic rings. The number of aromatic nitrogens is 2. The highest BCUT2D eigenvalue weighted by molar-refractivity contribution is 5.95. The summed E-state index contributed by atoms with van der Waals surface area (Å²) in [4.78, 5) is 38.8. The van der Waals surface area contributed by atoms with E-state index < -0.39 is 0 Å². The van der Waals surface area contributed by atoms with Gasteiger partial charge in [0.05, 0.1) is 6.54 Å². The van der Waals surface area contributed by atoms with Crippen LogP contribution >= 0.6 is 0 Å². The van der Waals surface area contributed by atoms with E-state index in [1.54, 1.807) is 17.0 Å². The number of aryl methyl sites for hydroxylation is 1. The van der Waals surface area contributed by atoms with E-state index in [1.165, 1.54) is 12.1 Å². The first-order valence-corrected chi connectivity index (χ1v) is 11.3. The van der Waals surface area contributed by atoms with Crippen molar-refractivity contribution in [2.75, 3.05) is 18.0 Å². The van der Waals surface area contributed by atoms with E-state index in [9.17, 15) is 14.0 Å². The number of nitrogens with zero attached hydrogens (tertiary/aromatic N) is 4. The molecule has 1 saturated heterocycles. The molecule has 0 unspecified atom stereocenters. The summed E-state index contributed by atoms with van der Waals surface area (Å²) in [5.74, 6) is 1.05. The summed E-state index contributed by atoms with van der Waals surface area (Å²) >= 11 is 0. The number of carbonyl (C=O) groups is 2. The van der Waals surface area contributed by atoms with Gasteiger partial charge in [-0.3, -0.25) is 14.5 Å². The van der Waals surface area contributed by atoms with Crippen molar-refractivity contribution in [2.24, 2.45) is 0 Å². The quantitative estimate of drug-likeness (QED) is 0.609. The van der Waals surface area contributed by atoms with Gasteiger partial charge in [0, 0.05) is 42.2 Å². The van der Waals surface area contributed by atoms with Gasteiger partial charge in [-0.15, -0.1) is 0 Å². The molecule has 168 valence electrons. The highest BCUT2D eigenvalue weighted by atomic mass is 19.1. The first kappa shape index (κ1) is 21.2. The predicted octanol–water partition coefficient (Wildman–Crippen LogP) is 4.03. The summed E-state index contributed by atoms with van der Waals surface area (Å²) in [6.07, 6.45) is 1.80. The molecule has 3 aromatic rings. The van der Waals surface area contributed by atoms with Crippen LogP contribution in [0.3, 0.4) is 0 Å². The predicted molar refractivity (Wildman–Crippen MR) is 122 cm³/mol. The fraction of sp³-hybridized carbons (Fsp3) is 0.308. The minimum absolute atomic E-state index is 0.00294. The number of rotatable bonds is 4. The van der Waals surface area contributed by atoms with Crippen LogP contribution in [0.25, 0.3) is 0 Å². The first-order chi connectivity index (χ1) is 16.0. The smallest absolute Gasteiger partial charge is 0.253 e. The van der Waals surface area contributed by atoms with Crippen LogP contribution in [0.5, 0.6) is 0 Å². The largest absolute Gasteiger partial charge is 0.338 e. The average Bonchev–Trinajstić information content (AvgIpc) is 3.32.